The van der Waals surface area contributed by atoms with Crippen LogP contribution in [0.15, 0.2) is 128 Å². The van der Waals surface area contributed by atoms with Crippen LogP contribution in [0.25, 0.3) is 22.3 Å². The molecule has 3 aromatic carbocycles. The van der Waals surface area contributed by atoms with Gasteiger partial charge in [-0.15, -0.1) is 0 Å². The van der Waals surface area contributed by atoms with Crippen molar-refractivity contribution >= 4 is 11.9 Å². The van der Waals surface area contributed by atoms with E-state index in [0.29, 0.717) is 11.1 Å². The summed E-state index contributed by atoms with van der Waals surface area (Å²) in [5.41, 5.74) is 5.83. The van der Waals surface area contributed by atoms with Gasteiger partial charge in [-0.25, -0.2) is 4.79 Å². The number of benzene rings is 3. The lowest BCUT2D eigenvalue weighted by atomic mass is 10.0. The number of aliphatic hydroxyl groups excluding tert-OH is 1. The molecule has 39 heavy (non-hydrogen) atoms. The summed E-state index contributed by atoms with van der Waals surface area (Å²) in [7, 11) is 0. The van der Waals surface area contributed by atoms with Gasteiger partial charge < -0.3 is 15.5 Å². The Morgan fingerprint density at radius 3 is 1.49 bits per heavy atom. The van der Waals surface area contributed by atoms with Crippen molar-refractivity contribution in [2.45, 2.75) is 6.04 Å². The van der Waals surface area contributed by atoms with E-state index in [1.165, 1.54) is 0 Å². The summed E-state index contributed by atoms with van der Waals surface area (Å²) >= 11 is 0. The number of amides is 1. The lowest BCUT2D eigenvalue weighted by molar-refractivity contribution is 0.0696. The summed E-state index contributed by atoms with van der Waals surface area (Å²) in [5.74, 6) is -1.12. The number of carbonyl (C=O) groups is 2. The standard InChI is InChI=1S/C20H18N2O2.C12H9NO2/c23-14-19(17-4-2-1-3-5-17)22-20(24)18-8-6-15(7-9-18)16-10-12-21-13-11-16;14-12(15)11-3-1-9(2-4-11)10-5-7-13-8-6-10/h1-13,19,23H,14H2,(H,22,24);1-8H,(H,14,15)/t19-;/m1./s1. The SMILES string of the molecule is O=C(N[C@H](CO)c1ccccc1)c1ccc(-c2ccncc2)cc1.O=C(O)c1ccc(-c2ccncc2)cc1. The molecule has 7 nitrogen and oxygen atoms in total. The third kappa shape index (κ3) is 7.44. The lowest BCUT2D eigenvalue weighted by Gasteiger charge is -2.17. The maximum absolute atomic E-state index is 12.4. The monoisotopic (exact) mass is 517 g/mol. The first kappa shape index (κ1) is 26.9. The van der Waals surface area contributed by atoms with Gasteiger partial charge in [-0.1, -0.05) is 54.6 Å². The fourth-order valence-electron chi connectivity index (χ4n) is 3.87. The molecule has 0 aliphatic heterocycles. The average Bonchev–Trinajstić information content (AvgIpc) is 3.01. The molecule has 0 saturated carbocycles. The van der Waals surface area contributed by atoms with E-state index < -0.39 is 12.0 Å². The molecular formula is C32H27N3O4. The van der Waals surface area contributed by atoms with Gasteiger partial charge in [0.25, 0.3) is 5.91 Å². The first-order valence-electron chi connectivity index (χ1n) is 12.3. The van der Waals surface area contributed by atoms with Crippen molar-refractivity contribution in [3.63, 3.8) is 0 Å². The first-order chi connectivity index (χ1) is 19.0. The molecule has 1 atom stereocenters. The number of aromatic carboxylic acids is 1. The predicted octanol–water partition coefficient (Wildman–Crippen LogP) is 5.66. The van der Waals surface area contributed by atoms with E-state index in [1.807, 2.05) is 66.7 Å². The van der Waals surface area contributed by atoms with Gasteiger partial charge >= 0.3 is 5.97 Å². The van der Waals surface area contributed by atoms with Crippen LogP contribution in [0, 0.1) is 0 Å². The first-order valence-corrected chi connectivity index (χ1v) is 12.3. The number of hydrogen-bond acceptors (Lipinski definition) is 5. The second kappa shape index (κ2) is 13.4. The minimum atomic E-state index is -0.906. The van der Waals surface area contributed by atoms with Gasteiger partial charge in [-0.05, 0) is 76.3 Å². The van der Waals surface area contributed by atoms with Crippen LogP contribution < -0.4 is 5.32 Å². The van der Waals surface area contributed by atoms with Crippen molar-refractivity contribution < 1.29 is 19.8 Å². The Kier molecular flexibility index (Phi) is 9.26. The van der Waals surface area contributed by atoms with E-state index in [-0.39, 0.29) is 12.5 Å². The van der Waals surface area contributed by atoms with Crippen LogP contribution >= 0.6 is 0 Å². The topological polar surface area (TPSA) is 112 Å². The Morgan fingerprint density at radius 1 is 0.615 bits per heavy atom. The second-order valence-corrected chi connectivity index (χ2v) is 8.55. The van der Waals surface area contributed by atoms with E-state index in [4.69, 9.17) is 5.11 Å². The molecule has 0 radical (unpaired) electrons. The molecule has 0 spiro atoms. The number of aliphatic hydroxyl groups is 1. The summed E-state index contributed by atoms with van der Waals surface area (Å²) in [6, 6.07) is 30.8. The highest BCUT2D eigenvalue weighted by Crippen LogP contribution is 2.20. The summed E-state index contributed by atoms with van der Waals surface area (Å²) in [5, 5.41) is 21.1. The van der Waals surface area contributed by atoms with Gasteiger partial charge in [-0.2, -0.15) is 0 Å². The second-order valence-electron chi connectivity index (χ2n) is 8.55. The van der Waals surface area contributed by atoms with E-state index in [0.717, 1.165) is 27.8 Å². The molecule has 5 rings (SSSR count). The summed E-state index contributed by atoms with van der Waals surface area (Å²) < 4.78 is 0. The highest BCUT2D eigenvalue weighted by Gasteiger charge is 2.14. The number of hydrogen-bond donors (Lipinski definition) is 3. The zero-order valence-electron chi connectivity index (χ0n) is 21.0. The Bertz CT molecular complexity index is 1480. The Hall–Kier alpha value is -5.14. The van der Waals surface area contributed by atoms with Gasteiger partial charge in [0, 0.05) is 30.4 Å². The average molecular weight is 518 g/mol. The number of carboxylic acid groups (broad SMARTS) is 1. The maximum atomic E-state index is 12.4. The summed E-state index contributed by atoms with van der Waals surface area (Å²) in [6.07, 6.45) is 6.89. The van der Waals surface area contributed by atoms with E-state index >= 15 is 0 Å². The molecule has 0 aliphatic rings. The van der Waals surface area contributed by atoms with E-state index in [2.05, 4.69) is 15.3 Å². The van der Waals surface area contributed by atoms with Gasteiger partial charge in [0.15, 0.2) is 0 Å². The molecule has 1 amide bonds. The van der Waals surface area contributed by atoms with E-state index in [9.17, 15) is 14.7 Å². The molecule has 7 heteroatoms. The zero-order valence-corrected chi connectivity index (χ0v) is 21.0. The minimum absolute atomic E-state index is 0.148. The molecule has 3 N–H and O–H groups in total. The number of carboxylic acids is 1. The number of carbonyl (C=O) groups excluding carboxylic acids is 1. The summed E-state index contributed by atoms with van der Waals surface area (Å²) in [6.45, 7) is -0.148. The normalized spacial score (nSPS) is 11.0. The fraction of sp³-hybridized carbons (Fsp3) is 0.0625. The number of nitrogens with one attached hydrogen (secondary N) is 1. The molecule has 0 unspecified atom stereocenters. The Balaban J connectivity index is 0.000000202. The van der Waals surface area contributed by atoms with Crippen LogP contribution in [0.1, 0.15) is 32.3 Å². The van der Waals surface area contributed by atoms with Crippen molar-refractivity contribution in [3.8, 4) is 22.3 Å². The van der Waals surface area contributed by atoms with E-state index in [1.54, 1.807) is 61.2 Å². The molecular weight excluding hydrogens is 490 g/mol. The number of aromatic nitrogens is 2. The minimum Gasteiger partial charge on any atom is -0.478 e. The third-order valence-electron chi connectivity index (χ3n) is 6.00. The van der Waals surface area contributed by atoms with Crippen molar-refractivity contribution in [1.82, 2.24) is 15.3 Å². The predicted molar refractivity (Wildman–Crippen MR) is 150 cm³/mol. The smallest absolute Gasteiger partial charge is 0.335 e. The molecule has 0 aliphatic carbocycles. The van der Waals surface area contributed by atoms with Crippen LogP contribution in [0.3, 0.4) is 0 Å². The number of nitrogens with zero attached hydrogens (tertiary/aromatic N) is 2. The quantitative estimate of drug-likeness (QED) is 0.257. The van der Waals surface area contributed by atoms with Gasteiger partial charge in [0.05, 0.1) is 18.2 Å². The van der Waals surface area contributed by atoms with Gasteiger partial charge in [-0.3, -0.25) is 14.8 Å². The molecule has 0 fully saturated rings. The highest BCUT2D eigenvalue weighted by molar-refractivity contribution is 5.95. The Morgan fingerprint density at radius 2 is 1.05 bits per heavy atom. The molecule has 2 heterocycles. The number of pyridine rings is 2. The third-order valence-corrected chi connectivity index (χ3v) is 6.00. The zero-order chi connectivity index (χ0) is 27.5. The van der Waals surface area contributed by atoms with Crippen molar-refractivity contribution in [2.75, 3.05) is 6.61 Å². The van der Waals surface area contributed by atoms with Crippen molar-refractivity contribution in [1.29, 1.82) is 0 Å². The molecule has 5 aromatic rings. The molecule has 0 bridgehead atoms. The highest BCUT2D eigenvalue weighted by atomic mass is 16.4. The Labute approximate surface area is 226 Å². The maximum Gasteiger partial charge on any atom is 0.335 e. The molecule has 0 saturated heterocycles. The molecule has 194 valence electrons. The molecule has 2 aromatic heterocycles. The lowest BCUT2D eigenvalue weighted by Crippen LogP contribution is -2.30. The number of rotatable bonds is 7. The summed E-state index contributed by atoms with van der Waals surface area (Å²) in [4.78, 5) is 31.0. The van der Waals surface area contributed by atoms with Crippen LogP contribution in [0.5, 0.6) is 0 Å². The van der Waals surface area contributed by atoms with Crippen molar-refractivity contribution in [2.24, 2.45) is 0 Å². The largest absolute Gasteiger partial charge is 0.478 e. The van der Waals surface area contributed by atoms with Crippen LogP contribution in [0.2, 0.25) is 0 Å². The van der Waals surface area contributed by atoms with Crippen LogP contribution in [0.4, 0.5) is 0 Å². The van der Waals surface area contributed by atoms with Gasteiger partial charge in [0.1, 0.15) is 0 Å². The van der Waals surface area contributed by atoms with Crippen molar-refractivity contribution in [3.05, 3.63) is 145 Å². The van der Waals surface area contributed by atoms with Gasteiger partial charge in [0.2, 0.25) is 0 Å². The van der Waals surface area contributed by atoms with Crippen LogP contribution in [-0.2, 0) is 0 Å². The fourth-order valence-corrected chi connectivity index (χ4v) is 3.87. The van der Waals surface area contributed by atoms with Crippen LogP contribution in [-0.4, -0.2) is 38.7 Å².